The Hall–Kier alpha value is -3.35. The topological polar surface area (TPSA) is 93.3 Å². The van der Waals surface area contributed by atoms with E-state index in [0.717, 1.165) is 23.9 Å². The minimum absolute atomic E-state index is 0.285. The van der Waals surface area contributed by atoms with Gasteiger partial charge in [0.05, 0.1) is 25.3 Å². The van der Waals surface area contributed by atoms with Gasteiger partial charge in [0.15, 0.2) is 11.5 Å². The van der Waals surface area contributed by atoms with Gasteiger partial charge >= 0.3 is 0 Å². The van der Waals surface area contributed by atoms with Crippen molar-refractivity contribution in [3.63, 3.8) is 0 Å². The van der Waals surface area contributed by atoms with Gasteiger partial charge in [0.1, 0.15) is 0 Å². The lowest BCUT2D eigenvalue weighted by Crippen LogP contribution is -2.14. The highest BCUT2D eigenvalue weighted by atomic mass is 16.5. The Balaban J connectivity index is 1.91. The van der Waals surface area contributed by atoms with Crippen LogP contribution in [0, 0.1) is 0 Å². The second-order valence-corrected chi connectivity index (χ2v) is 6.03. The largest absolute Gasteiger partial charge is 0.493 e. The van der Waals surface area contributed by atoms with Gasteiger partial charge in [-0.2, -0.15) is 5.10 Å². The molecule has 0 aliphatic rings. The molecule has 2 N–H and O–H groups in total. The van der Waals surface area contributed by atoms with Crippen LogP contribution in [0.1, 0.15) is 29.4 Å². The lowest BCUT2D eigenvalue weighted by atomic mass is 10.1. The summed E-state index contributed by atoms with van der Waals surface area (Å²) in [6, 6.07) is 10.2. The maximum atomic E-state index is 12.6. The van der Waals surface area contributed by atoms with E-state index >= 15 is 0 Å². The van der Waals surface area contributed by atoms with E-state index in [9.17, 15) is 9.59 Å². The molecule has 0 saturated carbocycles. The van der Waals surface area contributed by atoms with E-state index in [-0.39, 0.29) is 11.5 Å². The van der Waals surface area contributed by atoms with Crippen molar-refractivity contribution in [2.24, 2.45) is 0 Å². The molecule has 0 unspecified atom stereocenters. The van der Waals surface area contributed by atoms with E-state index in [1.165, 1.54) is 14.2 Å². The summed E-state index contributed by atoms with van der Waals surface area (Å²) in [4.78, 5) is 24.7. The quantitative estimate of drug-likeness (QED) is 0.698. The van der Waals surface area contributed by atoms with Crippen molar-refractivity contribution < 1.29 is 14.3 Å². The monoisotopic (exact) mass is 367 g/mol. The van der Waals surface area contributed by atoms with Crippen LogP contribution in [-0.2, 0) is 6.42 Å². The Labute approximate surface area is 156 Å². The molecule has 0 saturated heterocycles. The first-order chi connectivity index (χ1) is 13.1. The number of aromatic nitrogens is 2. The zero-order valence-electron chi connectivity index (χ0n) is 15.5. The summed E-state index contributed by atoms with van der Waals surface area (Å²) in [5.41, 5.74) is 1.50. The third kappa shape index (κ3) is 3.76. The number of fused-ring (bicyclic) bond motifs is 1. The summed E-state index contributed by atoms with van der Waals surface area (Å²) in [5, 5.41) is 10.7. The average molecular weight is 367 g/mol. The zero-order chi connectivity index (χ0) is 19.4. The molecular formula is C20H21N3O4. The van der Waals surface area contributed by atoms with Crippen LogP contribution >= 0.6 is 0 Å². The fourth-order valence-electron chi connectivity index (χ4n) is 2.91. The Kier molecular flexibility index (Phi) is 5.40. The molecule has 0 aliphatic carbocycles. The number of anilines is 1. The normalized spacial score (nSPS) is 10.6. The molecule has 1 amide bonds. The van der Waals surface area contributed by atoms with E-state index in [0.29, 0.717) is 28.1 Å². The molecule has 1 heterocycles. The number of carbonyl (C=O) groups is 1. The van der Waals surface area contributed by atoms with E-state index < -0.39 is 0 Å². The number of benzene rings is 2. The van der Waals surface area contributed by atoms with Crippen LogP contribution in [0.3, 0.4) is 0 Å². The predicted octanol–water partition coefficient (Wildman–Crippen LogP) is 3.15. The summed E-state index contributed by atoms with van der Waals surface area (Å²) < 4.78 is 10.4. The van der Waals surface area contributed by atoms with Crippen molar-refractivity contribution >= 4 is 22.4 Å². The van der Waals surface area contributed by atoms with Crippen molar-refractivity contribution in [2.75, 3.05) is 19.5 Å². The van der Waals surface area contributed by atoms with Crippen LogP contribution in [0.15, 0.2) is 41.2 Å². The molecule has 0 aliphatic heterocycles. The van der Waals surface area contributed by atoms with Gasteiger partial charge in [-0.1, -0.05) is 19.4 Å². The summed E-state index contributed by atoms with van der Waals surface area (Å²) in [7, 11) is 3.04. The van der Waals surface area contributed by atoms with Crippen LogP contribution in [0.25, 0.3) is 10.8 Å². The van der Waals surface area contributed by atoms with Crippen molar-refractivity contribution in [1.82, 2.24) is 10.2 Å². The Morgan fingerprint density at radius 3 is 2.56 bits per heavy atom. The van der Waals surface area contributed by atoms with E-state index in [1.807, 2.05) is 6.07 Å². The molecule has 140 valence electrons. The van der Waals surface area contributed by atoms with Crippen LogP contribution < -0.4 is 20.3 Å². The fraction of sp³-hybridized carbons (Fsp3) is 0.250. The number of aromatic amines is 1. The van der Waals surface area contributed by atoms with Crippen molar-refractivity contribution in [2.45, 2.75) is 19.8 Å². The first-order valence-electron chi connectivity index (χ1n) is 8.62. The van der Waals surface area contributed by atoms with E-state index in [1.54, 1.807) is 30.3 Å². The predicted molar refractivity (Wildman–Crippen MR) is 104 cm³/mol. The van der Waals surface area contributed by atoms with Crippen LogP contribution in [0.5, 0.6) is 11.5 Å². The summed E-state index contributed by atoms with van der Waals surface area (Å²) in [6.07, 6.45) is 1.69. The molecule has 2 aromatic carbocycles. The summed E-state index contributed by atoms with van der Waals surface area (Å²) in [6.45, 7) is 2.05. The van der Waals surface area contributed by atoms with Crippen molar-refractivity contribution in [3.8, 4) is 11.5 Å². The first kappa shape index (κ1) is 18.4. The second-order valence-electron chi connectivity index (χ2n) is 6.03. The molecule has 0 bridgehead atoms. The lowest BCUT2D eigenvalue weighted by Gasteiger charge is -2.11. The van der Waals surface area contributed by atoms with Gasteiger partial charge in [-0.15, -0.1) is 0 Å². The van der Waals surface area contributed by atoms with Crippen LogP contribution in [0.2, 0.25) is 0 Å². The third-order valence-corrected chi connectivity index (χ3v) is 4.26. The number of nitrogens with zero attached hydrogens (tertiary/aromatic N) is 1. The third-order valence-electron chi connectivity index (χ3n) is 4.26. The minimum Gasteiger partial charge on any atom is -0.493 e. The fourth-order valence-corrected chi connectivity index (χ4v) is 2.91. The molecule has 0 fully saturated rings. The Bertz CT molecular complexity index is 1040. The van der Waals surface area contributed by atoms with Crippen LogP contribution in [0.4, 0.5) is 5.69 Å². The average Bonchev–Trinajstić information content (AvgIpc) is 2.69. The molecule has 3 aromatic rings. The number of aryl methyl sites for hydroxylation is 1. The van der Waals surface area contributed by atoms with Gasteiger partial charge < -0.3 is 14.8 Å². The lowest BCUT2D eigenvalue weighted by molar-refractivity contribution is 0.102. The molecule has 0 radical (unpaired) electrons. The number of methoxy groups -OCH3 is 2. The van der Waals surface area contributed by atoms with Crippen LogP contribution in [-0.4, -0.2) is 30.3 Å². The standard InChI is InChI=1S/C20H21N3O4/c1-4-5-16-14-8-7-13(11-15(14)20(25)23-22-16)21-19(24)12-6-9-17(26-2)18(10-12)27-3/h6-11H,4-5H2,1-3H3,(H,21,24)(H,23,25). The first-order valence-corrected chi connectivity index (χ1v) is 8.62. The molecular weight excluding hydrogens is 346 g/mol. The molecule has 7 heteroatoms. The van der Waals surface area contributed by atoms with Crippen molar-refractivity contribution in [3.05, 3.63) is 58.0 Å². The molecule has 0 spiro atoms. The number of carbonyl (C=O) groups excluding carboxylic acids is 1. The van der Waals surface area contributed by atoms with Crippen molar-refractivity contribution in [1.29, 1.82) is 0 Å². The number of amides is 1. The summed E-state index contributed by atoms with van der Waals surface area (Å²) in [5.74, 6) is 0.701. The molecule has 1 aromatic heterocycles. The SMILES string of the molecule is CCCc1n[nH]c(=O)c2cc(NC(=O)c3ccc(OC)c(OC)c3)ccc12. The van der Waals surface area contributed by atoms with Gasteiger partial charge in [-0.05, 0) is 36.8 Å². The van der Waals surface area contributed by atoms with Gasteiger partial charge in [0.2, 0.25) is 0 Å². The second kappa shape index (κ2) is 7.90. The Morgan fingerprint density at radius 2 is 1.85 bits per heavy atom. The van der Waals surface area contributed by atoms with Gasteiger partial charge in [0, 0.05) is 16.6 Å². The highest BCUT2D eigenvalue weighted by Crippen LogP contribution is 2.28. The van der Waals surface area contributed by atoms with E-state index in [2.05, 4.69) is 22.4 Å². The highest BCUT2D eigenvalue weighted by molar-refractivity contribution is 6.05. The number of H-pyrrole nitrogens is 1. The van der Waals surface area contributed by atoms with Gasteiger partial charge in [0.25, 0.3) is 11.5 Å². The summed E-state index contributed by atoms with van der Waals surface area (Å²) >= 11 is 0. The maximum Gasteiger partial charge on any atom is 0.272 e. The smallest absolute Gasteiger partial charge is 0.272 e. The number of rotatable bonds is 6. The number of ether oxygens (including phenoxy) is 2. The molecule has 27 heavy (non-hydrogen) atoms. The minimum atomic E-state index is -0.311. The molecule has 0 atom stereocenters. The molecule has 3 rings (SSSR count). The van der Waals surface area contributed by atoms with Gasteiger partial charge in [-0.3, -0.25) is 9.59 Å². The van der Waals surface area contributed by atoms with E-state index in [4.69, 9.17) is 9.47 Å². The van der Waals surface area contributed by atoms with Gasteiger partial charge in [-0.25, -0.2) is 5.10 Å². The maximum absolute atomic E-state index is 12.6. The molecule has 7 nitrogen and oxygen atoms in total. The highest BCUT2D eigenvalue weighted by Gasteiger charge is 2.12. The Morgan fingerprint density at radius 1 is 1.07 bits per heavy atom. The number of nitrogens with one attached hydrogen (secondary N) is 2. The zero-order valence-corrected chi connectivity index (χ0v) is 15.5. The number of hydrogen-bond acceptors (Lipinski definition) is 5. The number of hydrogen-bond donors (Lipinski definition) is 2.